The highest BCUT2D eigenvalue weighted by molar-refractivity contribution is 6.26. The molecule has 2 aliphatic carbocycles. The quantitative estimate of drug-likeness (QED) is 0.0909. The number of H-pyrrole nitrogens is 1. The zero-order chi connectivity index (χ0) is 60.7. The average molecular weight is 1120 g/mol. The van der Waals surface area contributed by atoms with Crippen molar-refractivity contribution in [1.29, 1.82) is 0 Å². The molecule has 5 unspecified atom stereocenters. The highest BCUT2D eigenvalue weighted by Gasteiger charge is 2.52. The molecule has 4 aliphatic rings. The molecule has 2 saturated carbocycles. The number of allylic oxidation sites excluding steroid dienone is 1. The number of hydrogen-bond acceptors (Lipinski definition) is 12. The van der Waals surface area contributed by atoms with E-state index in [9.17, 15) is 19.2 Å². The SMILES string of the molecule is C=C(C)C(=O)OCC1CC(C(C)(C)C)C(OC(=O)c2c(NC(=O)C(C)(C)C)[nH]c(C=C3N=C(NC(=O)C(C)(C)C)C(C(=O)OC4C(C(C)(C)C)CC(COC5CCOC5=O)CC4C(C)(C)C)=C3C(C)C)c2C(C)C)C(C(C)(C)C)C1. The Balaban J connectivity index is 1.68. The Morgan fingerprint density at radius 2 is 1.12 bits per heavy atom. The zero-order valence-electron chi connectivity index (χ0n) is 53.2. The normalized spacial score (nSPS) is 25.9. The summed E-state index contributed by atoms with van der Waals surface area (Å²) in [6.45, 7) is 50.9. The Morgan fingerprint density at radius 1 is 0.675 bits per heavy atom. The number of carbonyl (C=O) groups excluding carboxylic acids is 6. The van der Waals surface area contributed by atoms with E-state index in [0.717, 1.165) is 0 Å². The van der Waals surface area contributed by atoms with Gasteiger partial charge in [-0.05, 0) is 95.2 Å². The standard InChI is InChI=1S/C65H102N4O11/c1-34(2)46-43(66-52(68-58(74)64(19,20)21)48(46)56(72)79-50-39(60(7,8)9)27-37(28-40(50)61(10,11)12)32-77-45-25-26-76-55(45)71)31-44-47(35(3)4)49(53(67-44)69-59(75)65(22,23)24)57(73)80-51-41(62(13,14)15)29-38(30-42(51)63(16,17)18)33-78-54(70)36(5)6/h31,34-35,37-42,45,50-51,67H,5,25-30,32-33H2,1-4,6-24H3,(H,69,75)(H,66,68,74). The summed E-state index contributed by atoms with van der Waals surface area (Å²) >= 11 is 0. The number of esters is 4. The third-order valence-electron chi connectivity index (χ3n) is 16.9. The van der Waals surface area contributed by atoms with Crippen molar-refractivity contribution in [1.82, 2.24) is 10.3 Å². The predicted octanol–water partition coefficient (Wildman–Crippen LogP) is 13.3. The fourth-order valence-corrected chi connectivity index (χ4v) is 12.0. The molecule has 1 saturated heterocycles. The number of amides is 2. The molecule has 3 N–H and O–H groups in total. The van der Waals surface area contributed by atoms with Gasteiger partial charge in [-0.3, -0.25) is 9.59 Å². The van der Waals surface area contributed by atoms with Crippen LogP contribution in [0.2, 0.25) is 0 Å². The molecule has 0 bridgehead atoms. The van der Waals surface area contributed by atoms with Crippen LogP contribution < -0.4 is 10.6 Å². The van der Waals surface area contributed by atoms with Crippen molar-refractivity contribution in [3.8, 4) is 0 Å². The summed E-state index contributed by atoms with van der Waals surface area (Å²) in [4.78, 5) is 92.6. The summed E-state index contributed by atoms with van der Waals surface area (Å²) in [6, 6.07) is 0. The lowest BCUT2D eigenvalue weighted by atomic mass is 9.58. The van der Waals surface area contributed by atoms with E-state index in [1.54, 1.807) is 54.5 Å². The molecule has 5 rings (SSSR count). The van der Waals surface area contributed by atoms with Crippen molar-refractivity contribution >= 4 is 53.4 Å². The van der Waals surface area contributed by atoms with Gasteiger partial charge in [-0.2, -0.15) is 0 Å². The van der Waals surface area contributed by atoms with Crippen molar-refractivity contribution in [2.24, 2.45) is 78.9 Å². The first kappa shape index (κ1) is 65.8. The highest BCUT2D eigenvalue weighted by atomic mass is 16.6. The lowest BCUT2D eigenvalue weighted by molar-refractivity contribution is -0.168. The fraction of sp³-hybridized carbons (Fsp3) is 0.738. The maximum absolute atomic E-state index is 15.5. The molecule has 3 fully saturated rings. The topological polar surface area (TPSA) is 201 Å². The maximum atomic E-state index is 15.5. The molecule has 0 spiro atoms. The van der Waals surface area contributed by atoms with Crippen LogP contribution in [0.3, 0.4) is 0 Å². The molecule has 80 heavy (non-hydrogen) atoms. The fourth-order valence-electron chi connectivity index (χ4n) is 12.0. The van der Waals surface area contributed by atoms with E-state index in [0.29, 0.717) is 73.4 Å². The molecule has 5 atom stereocenters. The van der Waals surface area contributed by atoms with Gasteiger partial charge in [-0.25, -0.2) is 24.2 Å². The second kappa shape index (κ2) is 24.4. The molecule has 0 aromatic carbocycles. The molecule has 3 heterocycles. The Hall–Kier alpha value is -5.05. The summed E-state index contributed by atoms with van der Waals surface area (Å²) < 4.78 is 31.0. The number of ether oxygens (including phenoxy) is 5. The molecular weight excluding hydrogens is 1010 g/mol. The molecule has 2 aliphatic heterocycles. The number of amidine groups is 1. The van der Waals surface area contributed by atoms with Crippen molar-refractivity contribution < 1.29 is 52.5 Å². The largest absolute Gasteiger partial charge is 0.464 e. The average Bonchev–Trinajstić information content (AvgIpc) is 3.99. The van der Waals surface area contributed by atoms with E-state index in [4.69, 9.17) is 28.7 Å². The minimum atomic E-state index is -0.860. The van der Waals surface area contributed by atoms with E-state index in [-0.39, 0.29) is 116 Å². The van der Waals surface area contributed by atoms with Gasteiger partial charge in [0.25, 0.3) is 0 Å². The van der Waals surface area contributed by atoms with Crippen LogP contribution in [0.4, 0.5) is 5.82 Å². The van der Waals surface area contributed by atoms with Crippen molar-refractivity contribution in [3.05, 3.63) is 45.8 Å². The van der Waals surface area contributed by atoms with Crippen molar-refractivity contribution in [2.45, 2.75) is 216 Å². The molecule has 15 nitrogen and oxygen atoms in total. The van der Waals surface area contributed by atoms with Gasteiger partial charge in [0, 0.05) is 52.2 Å². The lowest BCUT2D eigenvalue weighted by Gasteiger charge is -2.50. The second-order valence-electron chi connectivity index (χ2n) is 30.7. The number of rotatable bonds is 14. The van der Waals surface area contributed by atoms with E-state index in [1.807, 2.05) is 27.7 Å². The van der Waals surface area contributed by atoms with E-state index < -0.39 is 47.0 Å². The summed E-state index contributed by atoms with van der Waals surface area (Å²) in [5.74, 6) is -3.40. The first-order chi connectivity index (χ1) is 36.4. The van der Waals surface area contributed by atoms with Crippen LogP contribution in [-0.2, 0) is 47.7 Å². The number of nitrogens with zero attached hydrogens (tertiary/aromatic N) is 1. The molecule has 15 heteroatoms. The van der Waals surface area contributed by atoms with Crippen LogP contribution in [0.25, 0.3) is 6.08 Å². The lowest BCUT2D eigenvalue weighted by Crippen LogP contribution is -2.51. The first-order valence-electron chi connectivity index (χ1n) is 29.4. The van der Waals surface area contributed by atoms with Gasteiger partial charge >= 0.3 is 23.9 Å². The molecule has 1 aromatic heterocycles. The number of aliphatic imine (C=N–C) groups is 1. The van der Waals surface area contributed by atoms with Gasteiger partial charge in [0.2, 0.25) is 11.8 Å². The first-order valence-corrected chi connectivity index (χ1v) is 29.4. The molecule has 2 amide bonds. The minimum Gasteiger partial charge on any atom is -0.464 e. The Labute approximate surface area is 479 Å². The maximum Gasteiger partial charge on any atom is 0.342 e. The van der Waals surface area contributed by atoms with Gasteiger partial charge in [0.15, 0.2) is 6.10 Å². The van der Waals surface area contributed by atoms with Gasteiger partial charge in [-0.1, -0.05) is 159 Å². The van der Waals surface area contributed by atoms with Crippen LogP contribution in [0.15, 0.2) is 34.0 Å². The van der Waals surface area contributed by atoms with Gasteiger partial charge in [0.1, 0.15) is 35.0 Å². The number of aromatic amines is 1. The minimum absolute atomic E-state index is 0.0155. The predicted molar refractivity (Wildman–Crippen MR) is 315 cm³/mol. The van der Waals surface area contributed by atoms with Crippen LogP contribution in [0.1, 0.15) is 219 Å². The van der Waals surface area contributed by atoms with E-state index in [1.165, 1.54) is 0 Å². The zero-order valence-corrected chi connectivity index (χ0v) is 53.2. The van der Waals surface area contributed by atoms with Gasteiger partial charge < -0.3 is 39.3 Å². The van der Waals surface area contributed by atoms with Crippen LogP contribution in [0, 0.1) is 73.9 Å². The molecular formula is C65H102N4O11. The second-order valence-corrected chi connectivity index (χ2v) is 30.7. The summed E-state index contributed by atoms with van der Waals surface area (Å²) in [6.07, 6.45) is 3.36. The summed E-state index contributed by atoms with van der Waals surface area (Å²) in [5.41, 5.74) is -0.338. The van der Waals surface area contributed by atoms with E-state index >= 15 is 9.59 Å². The Bertz CT molecular complexity index is 2560. The van der Waals surface area contributed by atoms with Crippen molar-refractivity contribution in [2.75, 3.05) is 25.1 Å². The molecule has 0 radical (unpaired) electrons. The molecule has 448 valence electrons. The van der Waals surface area contributed by atoms with Gasteiger partial charge in [-0.15, -0.1) is 0 Å². The summed E-state index contributed by atoms with van der Waals surface area (Å²) in [5, 5.41) is 6.09. The number of carbonyl (C=O) groups is 6. The Kier molecular flexibility index (Phi) is 20.1. The number of aromatic nitrogens is 1. The third-order valence-corrected chi connectivity index (χ3v) is 16.9. The van der Waals surface area contributed by atoms with Gasteiger partial charge in [0.05, 0.1) is 25.5 Å². The third kappa shape index (κ3) is 15.7. The number of cyclic esters (lactones) is 1. The number of nitrogens with one attached hydrogen (secondary N) is 3. The number of anilines is 1. The van der Waals surface area contributed by atoms with Crippen LogP contribution >= 0.6 is 0 Å². The monoisotopic (exact) mass is 1110 g/mol. The van der Waals surface area contributed by atoms with Crippen molar-refractivity contribution in [3.63, 3.8) is 0 Å². The number of hydrogen-bond donors (Lipinski definition) is 3. The smallest absolute Gasteiger partial charge is 0.342 e. The molecule has 1 aromatic rings. The van der Waals surface area contributed by atoms with E-state index in [2.05, 4.69) is 105 Å². The summed E-state index contributed by atoms with van der Waals surface area (Å²) in [7, 11) is 0. The Morgan fingerprint density at radius 3 is 1.52 bits per heavy atom. The van der Waals surface area contributed by atoms with Crippen LogP contribution in [-0.4, -0.2) is 84.6 Å². The van der Waals surface area contributed by atoms with Crippen LogP contribution in [0.5, 0.6) is 0 Å². The highest BCUT2D eigenvalue weighted by Crippen LogP contribution is 2.53.